The van der Waals surface area contributed by atoms with Gasteiger partial charge in [0.2, 0.25) is 0 Å². The Morgan fingerprint density at radius 3 is 2.32 bits per heavy atom. The van der Waals surface area contributed by atoms with Crippen molar-refractivity contribution in [2.75, 3.05) is 19.5 Å². The molecule has 0 atom stereocenters. The fraction of sp³-hybridized carbons (Fsp3) is 0.385. The number of hydrogen-bond acceptors (Lipinski definition) is 7. The van der Waals surface area contributed by atoms with E-state index in [1.807, 2.05) is 0 Å². The van der Waals surface area contributed by atoms with Crippen molar-refractivity contribution < 1.29 is 24.0 Å². The number of halogens is 1. The third kappa shape index (κ3) is 3.73. The van der Waals surface area contributed by atoms with Crippen molar-refractivity contribution >= 4 is 39.2 Å². The second kappa shape index (κ2) is 6.73. The molecule has 1 rings (SSSR count). The van der Waals surface area contributed by atoms with E-state index in [4.69, 9.17) is 0 Å². The zero-order chi connectivity index (χ0) is 17.1. The molecule has 1 aromatic rings. The molecule has 1 N–H and O–H groups in total. The standard InChI is InChI=1S/C13H15BrN2O6/c1-13(2,12(18)22-4)15-9-6-8(14)7(11(17)21-3)5-10(9)16(19)20/h5-6,15H,1-4H3. The van der Waals surface area contributed by atoms with Gasteiger partial charge in [-0.15, -0.1) is 0 Å². The number of nitrogens with one attached hydrogen (secondary N) is 1. The molecule has 120 valence electrons. The van der Waals surface area contributed by atoms with E-state index < -0.39 is 22.4 Å². The quantitative estimate of drug-likeness (QED) is 0.479. The van der Waals surface area contributed by atoms with Crippen LogP contribution in [0, 0.1) is 10.1 Å². The summed E-state index contributed by atoms with van der Waals surface area (Å²) in [6.07, 6.45) is 0. The Morgan fingerprint density at radius 2 is 1.86 bits per heavy atom. The Morgan fingerprint density at radius 1 is 1.27 bits per heavy atom. The highest BCUT2D eigenvalue weighted by molar-refractivity contribution is 9.10. The molecule has 0 aliphatic heterocycles. The second-order valence-corrected chi connectivity index (χ2v) is 5.69. The van der Waals surface area contributed by atoms with Gasteiger partial charge in [-0.1, -0.05) is 0 Å². The summed E-state index contributed by atoms with van der Waals surface area (Å²) in [4.78, 5) is 33.8. The number of hydrogen-bond donors (Lipinski definition) is 1. The lowest BCUT2D eigenvalue weighted by molar-refractivity contribution is -0.384. The summed E-state index contributed by atoms with van der Waals surface area (Å²) >= 11 is 3.15. The van der Waals surface area contributed by atoms with Crippen LogP contribution in [0.5, 0.6) is 0 Å². The number of nitrogens with zero attached hydrogens (tertiary/aromatic N) is 1. The zero-order valence-electron chi connectivity index (χ0n) is 12.4. The van der Waals surface area contributed by atoms with Gasteiger partial charge in [-0.25, -0.2) is 9.59 Å². The van der Waals surface area contributed by atoms with Crippen molar-refractivity contribution in [2.24, 2.45) is 0 Å². The number of ether oxygens (including phenoxy) is 2. The van der Waals surface area contributed by atoms with Crippen molar-refractivity contribution in [3.8, 4) is 0 Å². The maximum atomic E-state index is 11.7. The van der Waals surface area contributed by atoms with Crippen LogP contribution >= 0.6 is 15.9 Å². The molecule has 0 unspecified atom stereocenters. The van der Waals surface area contributed by atoms with E-state index in [1.165, 1.54) is 34.1 Å². The van der Waals surface area contributed by atoms with Crippen LogP contribution in [0.15, 0.2) is 16.6 Å². The third-order valence-corrected chi connectivity index (χ3v) is 3.49. The maximum Gasteiger partial charge on any atom is 0.339 e. The molecule has 0 amide bonds. The minimum atomic E-state index is -1.19. The number of rotatable bonds is 5. The summed E-state index contributed by atoms with van der Waals surface area (Å²) < 4.78 is 9.50. The van der Waals surface area contributed by atoms with Crippen molar-refractivity contribution in [3.05, 3.63) is 32.3 Å². The molecule has 0 aliphatic rings. The van der Waals surface area contributed by atoms with E-state index in [0.29, 0.717) is 4.47 Å². The summed E-state index contributed by atoms with van der Waals surface area (Å²) in [5.74, 6) is -1.30. The number of nitro groups is 1. The van der Waals surface area contributed by atoms with Crippen LogP contribution in [0.2, 0.25) is 0 Å². The van der Waals surface area contributed by atoms with Gasteiger partial charge in [0.1, 0.15) is 11.2 Å². The summed E-state index contributed by atoms with van der Waals surface area (Å²) in [6.45, 7) is 3.04. The van der Waals surface area contributed by atoms with E-state index in [1.54, 1.807) is 0 Å². The highest BCUT2D eigenvalue weighted by Gasteiger charge is 2.32. The monoisotopic (exact) mass is 374 g/mol. The molecule has 8 nitrogen and oxygen atoms in total. The first-order valence-corrected chi connectivity index (χ1v) is 6.86. The molecule has 0 saturated carbocycles. The van der Waals surface area contributed by atoms with Crippen LogP contribution in [-0.2, 0) is 14.3 Å². The summed E-state index contributed by atoms with van der Waals surface area (Å²) in [6, 6.07) is 2.42. The van der Waals surface area contributed by atoms with Crippen molar-refractivity contribution in [1.82, 2.24) is 0 Å². The van der Waals surface area contributed by atoms with E-state index in [0.717, 1.165) is 6.07 Å². The number of esters is 2. The Labute approximate surface area is 135 Å². The van der Waals surface area contributed by atoms with Gasteiger partial charge in [-0.2, -0.15) is 0 Å². The van der Waals surface area contributed by atoms with Crippen molar-refractivity contribution in [2.45, 2.75) is 19.4 Å². The van der Waals surface area contributed by atoms with Crippen LogP contribution in [0.4, 0.5) is 11.4 Å². The first-order chi connectivity index (χ1) is 10.1. The number of carbonyl (C=O) groups excluding carboxylic acids is 2. The molecular formula is C13H15BrN2O6. The van der Waals surface area contributed by atoms with E-state index >= 15 is 0 Å². The summed E-state index contributed by atoms with van der Waals surface area (Å²) in [5, 5.41) is 13.9. The third-order valence-electron chi connectivity index (χ3n) is 2.83. The largest absolute Gasteiger partial charge is 0.467 e. The minimum absolute atomic E-state index is 0.00984. The Kier molecular flexibility index (Phi) is 5.48. The van der Waals surface area contributed by atoms with Crippen molar-refractivity contribution in [3.63, 3.8) is 0 Å². The number of benzene rings is 1. The molecule has 0 aliphatic carbocycles. The average Bonchev–Trinajstić information content (AvgIpc) is 2.44. The Balaban J connectivity index is 3.37. The molecule has 0 fully saturated rings. The zero-order valence-corrected chi connectivity index (χ0v) is 14.0. The summed E-state index contributed by atoms with van der Waals surface area (Å²) in [5.41, 5.74) is -1.47. The molecule has 0 saturated heterocycles. The van der Waals surface area contributed by atoms with E-state index in [2.05, 4.69) is 30.7 Å². The predicted octanol–water partition coefficient (Wildman–Crippen LogP) is 2.51. The van der Waals surface area contributed by atoms with Gasteiger partial charge in [-0.05, 0) is 35.8 Å². The fourth-order valence-corrected chi connectivity index (χ4v) is 2.23. The molecule has 22 heavy (non-hydrogen) atoms. The van der Waals surface area contributed by atoms with E-state index in [9.17, 15) is 19.7 Å². The fourth-order valence-electron chi connectivity index (χ4n) is 1.72. The molecule has 9 heteroatoms. The van der Waals surface area contributed by atoms with Crippen LogP contribution < -0.4 is 5.32 Å². The SMILES string of the molecule is COC(=O)c1cc([N+](=O)[O-])c(NC(C)(C)C(=O)OC)cc1Br. The van der Waals surface area contributed by atoms with Crippen LogP contribution in [0.3, 0.4) is 0 Å². The lowest BCUT2D eigenvalue weighted by atomic mass is 10.0. The van der Waals surface area contributed by atoms with E-state index in [-0.39, 0.29) is 16.9 Å². The number of carbonyl (C=O) groups is 2. The van der Waals surface area contributed by atoms with Gasteiger partial charge in [0.25, 0.3) is 5.69 Å². The van der Waals surface area contributed by atoms with Gasteiger partial charge < -0.3 is 14.8 Å². The van der Waals surface area contributed by atoms with Gasteiger partial charge in [0.15, 0.2) is 0 Å². The molecule has 0 aromatic heterocycles. The molecule has 0 heterocycles. The van der Waals surface area contributed by atoms with Gasteiger partial charge >= 0.3 is 11.9 Å². The van der Waals surface area contributed by atoms with Crippen molar-refractivity contribution in [1.29, 1.82) is 0 Å². The first kappa shape index (κ1) is 17.9. The normalized spacial score (nSPS) is 10.8. The molecular weight excluding hydrogens is 360 g/mol. The highest BCUT2D eigenvalue weighted by atomic mass is 79.9. The lowest BCUT2D eigenvalue weighted by Gasteiger charge is -2.24. The smallest absolute Gasteiger partial charge is 0.339 e. The molecule has 0 radical (unpaired) electrons. The van der Waals surface area contributed by atoms with Gasteiger partial charge in [0, 0.05) is 10.5 Å². The predicted molar refractivity (Wildman–Crippen MR) is 81.9 cm³/mol. The Hall–Kier alpha value is -2.16. The topological polar surface area (TPSA) is 108 Å². The molecule has 0 spiro atoms. The average molecular weight is 375 g/mol. The van der Waals surface area contributed by atoms with Crippen LogP contribution in [0.1, 0.15) is 24.2 Å². The van der Waals surface area contributed by atoms with Gasteiger partial charge in [0.05, 0.1) is 24.7 Å². The maximum absolute atomic E-state index is 11.7. The highest BCUT2D eigenvalue weighted by Crippen LogP contribution is 2.33. The Bertz CT molecular complexity index is 629. The first-order valence-electron chi connectivity index (χ1n) is 6.07. The van der Waals surface area contributed by atoms with Gasteiger partial charge in [-0.3, -0.25) is 10.1 Å². The molecule has 1 aromatic carbocycles. The number of methoxy groups -OCH3 is 2. The van der Waals surface area contributed by atoms with Crippen LogP contribution in [0.25, 0.3) is 0 Å². The number of nitro benzene ring substituents is 1. The van der Waals surface area contributed by atoms with Crippen LogP contribution in [-0.4, -0.2) is 36.6 Å². The number of anilines is 1. The second-order valence-electron chi connectivity index (χ2n) is 4.84. The lowest BCUT2D eigenvalue weighted by Crippen LogP contribution is -2.41. The minimum Gasteiger partial charge on any atom is -0.467 e. The molecule has 0 bridgehead atoms. The summed E-state index contributed by atoms with van der Waals surface area (Å²) in [7, 11) is 2.39.